The van der Waals surface area contributed by atoms with Crippen molar-refractivity contribution in [3.63, 3.8) is 0 Å². The number of carbonyl (C=O) groups is 3. The number of furan rings is 1. The maximum absolute atomic E-state index is 12.0. The van der Waals surface area contributed by atoms with Crippen molar-refractivity contribution in [2.45, 2.75) is 25.4 Å². The van der Waals surface area contributed by atoms with Crippen molar-refractivity contribution < 1.29 is 23.9 Å². The van der Waals surface area contributed by atoms with E-state index in [9.17, 15) is 19.5 Å². The molecule has 1 aliphatic heterocycles. The Bertz CT molecular complexity index is 819. The van der Waals surface area contributed by atoms with Crippen molar-refractivity contribution in [1.82, 2.24) is 5.32 Å². The Kier molecular flexibility index (Phi) is 5.87. The van der Waals surface area contributed by atoms with E-state index in [1.165, 1.54) is 6.26 Å². The van der Waals surface area contributed by atoms with Gasteiger partial charge in [-0.3, -0.25) is 14.4 Å². The van der Waals surface area contributed by atoms with Crippen LogP contribution in [0.2, 0.25) is 0 Å². The molecule has 0 radical (unpaired) electrons. The van der Waals surface area contributed by atoms with Crippen molar-refractivity contribution in [3.05, 3.63) is 48.4 Å². The number of amides is 3. The number of carbonyl (C=O) groups excluding carboxylic acids is 3. The fourth-order valence-corrected chi connectivity index (χ4v) is 2.89. The molecule has 1 atom stereocenters. The second kappa shape index (κ2) is 8.50. The molecule has 1 aliphatic rings. The van der Waals surface area contributed by atoms with Crippen LogP contribution in [0.5, 0.6) is 0 Å². The van der Waals surface area contributed by atoms with E-state index in [2.05, 4.69) is 10.6 Å². The van der Waals surface area contributed by atoms with Crippen molar-refractivity contribution in [3.8, 4) is 0 Å². The highest BCUT2D eigenvalue weighted by Crippen LogP contribution is 2.24. The number of hydrogen-bond donors (Lipinski definition) is 3. The Morgan fingerprint density at radius 1 is 1.22 bits per heavy atom. The lowest BCUT2D eigenvalue weighted by molar-refractivity contribution is -0.136. The SMILES string of the molecule is O=C(NCCC(O)c1ccco1)C(=O)Nc1cccc(N2CCCC2=O)c1. The first-order valence-electron chi connectivity index (χ1n) is 8.75. The lowest BCUT2D eigenvalue weighted by Crippen LogP contribution is -2.36. The second-order valence-corrected chi connectivity index (χ2v) is 6.23. The van der Waals surface area contributed by atoms with Gasteiger partial charge in [-0.25, -0.2) is 0 Å². The number of aliphatic hydroxyl groups is 1. The van der Waals surface area contributed by atoms with Gasteiger partial charge in [0.1, 0.15) is 11.9 Å². The summed E-state index contributed by atoms with van der Waals surface area (Å²) in [5, 5.41) is 14.8. The number of nitrogens with zero attached hydrogens (tertiary/aromatic N) is 1. The molecule has 8 heteroatoms. The third-order valence-electron chi connectivity index (χ3n) is 4.27. The van der Waals surface area contributed by atoms with Crippen LogP contribution in [0, 0.1) is 0 Å². The van der Waals surface area contributed by atoms with Gasteiger partial charge < -0.3 is 25.1 Å². The van der Waals surface area contributed by atoms with Crippen LogP contribution >= 0.6 is 0 Å². The Balaban J connectivity index is 1.49. The summed E-state index contributed by atoms with van der Waals surface area (Å²) >= 11 is 0. The maximum atomic E-state index is 12.0. The van der Waals surface area contributed by atoms with Crippen LogP contribution in [-0.4, -0.2) is 35.9 Å². The monoisotopic (exact) mass is 371 g/mol. The molecule has 2 heterocycles. The third kappa shape index (κ3) is 4.73. The molecule has 1 unspecified atom stereocenters. The van der Waals surface area contributed by atoms with Crippen LogP contribution in [0.3, 0.4) is 0 Å². The zero-order valence-corrected chi connectivity index (χ0v) is 14.7. The molecule has 0 spiro atoms. The normalized spacial score (nSPS) is 14.9. The largest absolute Gasteiger partial charge is 0.467 e. The summed E-state index contributed by atoms with van der Waals surface area (Å²) in [5.41, 5.74) is 1.13. The first-order valence-corrected chi connectivity index (χ1v) is 8.75. The minimum Gasteiger partial charge on any atom is -0.467 e. The summed E-state index contributed by atoms with van der Waals surface area (Å²) in [7, 11) is 0. The highest BCUT2D eigenvalue weighted by molar-refractivity contribution is 6.39. The third-order valence-corrected chi connectivity index (χ3v) is 4.27. The average Bonchev–Trinajstić information content (AvgIpc) is 3.33. The summed E-state index contributed by atoms with van der Waals surface area (Å²) in [5.74, 6) is -1.16. The van der Waals surface area contributed by atoms with E-state index in [4.69, 9.17) is 4.42 Å². The predicted octanol–water partition coefficient (Wildman–Crippen LogP) is 1.58. The topological polar surface area (TPSA) is 112 Å². The minimum absolute atomic E-state index is 0.0475. The zero-order valence-electron chi connectivity index (χ0n) is 14.7. The Hall–Kier alpha value is -3.13. The van der Waals surface area contributed by atoms with E-state index in [1.807, 2.05) is 0 Å². The molecule has 0 saturated carbocycles. The van der Waals surface area contributed by atoms with Gasteiger partial charge in [0.2, 0.25) is 5.91 Å². The number of aliphatic hydroxyl groups excluding tert-OH is 1. The molecule has 27 heavy (non-hydrogen) atoms. The fraction of sp³-hybridized carbons (Fsp3) is 0.316. The molecule has 1 aromatic heterocycles. The molecule has 1 saturated heterocycles. The van der Waals surface area contributed by atoms with Gasteiger partial charge >= 0.3 is 11.8 Å². The molecule has 2 aromatic rings. The van der Waals surface area contributed by atoms with Crippen LogP contribution in [0.1, 0.15) is 31.1 Å². The van der Waals surface area contributed by atoms with Gasteiger partial charge in [-0.1, -0.05) is 6.07 Å². The van der Waals surface area contributed by atoms with Crippen LogP contribution < -0.4 is 15.5 Å². The van der Waals surface area contributed by atoms with E-state index in [0.717, 1.165) is 6.42 Å². The van der Waals surface area contributed by atoms with Crippen LogP contribution in [0.25, 0.3) is 0 Å². The molecule has 0 aliphatic carbocycles. The van der Waals surface area contributed by atoms with E-state index in [1.54, 1.807) is 41.3 Å². The molecular formula is C19H21N3O5. The number of benzene rings is 1. The van der Waals surface area contributed by atoms with E-state index in [-0.39, 0.29) is 18.9 Å². The Labute approximate surface area is 156 Å². The lowest BCUT2D eigenvalue weighted by atomic mass is 10.2. The summed E-state index contributed by atoms with van der Waals surface area (Å²) < 4.78 is 5.07. The average molecular weight is 371 g/mol. The molecule has 8 nitrogen and oxygen atoms in total. The smallest absolute Gasteiger partial charge is 0.313 e. The van der Waals surface area contributed by atoms with Gasteiger partial charge in [0.15, 0.2) is 0 Å². The van der Waals surface area contributed by atoms with E-state index < -0.39 is 17.9 Å². The van der Waals surface area contributed by atoms with Crippen molar-refractivity contribution in [1.29, 1.82) is 0 Å². The van der Waals surface area contributed by atoms with Crippen molar-refractivity contribution >= 4 is 29.1 Å². The fourth-order valence-electron chi connectivity index (χ4n) is 2.89. The quantitative estimate of drug-likeness (QED) is 0.668. The van der Waals surface area contributed by atoms with Gasteiger partial charge in [0.25, 0.3) is 0 Å². The standard InChI is InChI=1S/C19H21N3O5/c23-15(16-6-3-11-27-16)8-9-20-18(25)19(26)21-13-4-1-5-14(12-13)22-10-2-7-17(22)24/h1,3-6,11-12,15,23H,2,7-10H2,(H,20,25)(H,21,26). The Morgan fingerprint density at radius 2 is 2.07 bits per heavy atom. The first-order chi connectivity index (χ1) is 13.0. The van der Waals surface area contributed by atoms with Gasteiger partial charge in [-0.15, -0.1) is 0 Å². The van der Waals surface area contributed by atoms with Gasteiger partial charge in [-0.2, -0.15) is 0 Å². The molecule has 1 fully saturated rings. The molecule has 142 valence electrons. The molecule has 3 rings (SSSR count). The van der Waals surface area contributed by atoms with E-state index in [0.29, 0.717) is 30.1 Å². The number of hydrogen-bond acceptors (Lipinski definition) is 5. The Morgan fingerprint density at radius 3 is 2.78 bits per heavy atom. The number of rotatable bonds is 6. The first kappa shape index (κ1) is 18.7. The highest BCUT2D eigenvalue weighted by atomic mass is 16.4. The molecular weight excluding hydrogens is 350 g/mol. The van der Waals surface area contributed by atoms with Crippen LogP contribution in [0.4, 0.5) is 11.4 Å². The van der Waals surface area contributed by atoms with Crippen LogP contribution in [-0.2, 0) is 14.4 Å². The number of anilines is 2. The predicted molar refractivity (Wildman–Crippen MR) is 98.0 cm³/mol. The van der Waals surface area contributed by atoms with Crippen molar-refractivity contribution in [2.24, 2.45) is 0 Å². The number of nitrogens with one attached hydrogen (secondary N) is 2. The summed E-state index contributed by atoms with van der Waals surface area (Å²) in [6.07, 6.45) is 2.15. The van der Waals surface area contributed by atoms with Gasteiger partial charge in [0.05, 0.1) is 6.26 Å². The maximum Gasteiger partial charge on any atom is 0.313 e. The molecule has 3 N–H and O–H groups in total. The second-order valence-electron chi connectivity index (χ2n) is 6.23. The molecule has 1 aromatic carbocycles. The van der Waals surface area contributed by atoms with Gasteiger partial charge in [-0.05, 0) is 43.2 Å². The summed E-state index contributed by atoms with van der Waals surface area (Å²) in [6.45, 7) is 0.769. The van der Waals surface area contributed by atoms with Crippen molar-refractivity contribution in [2.75, 3.05) is 23.3 Å². The summed E-state index contributed by atoms with van der Waals surface area (Å²) in [6, 6.07) is 10.1. The highest BCUT2D eigenvalue weighted by Gasteiger charge is 2.22. The lowest BCUT2D eigenvalue weighted by Gasteiger charge is -2.16. The van der Waals surface area contributed by atoms with Gasteiger partial charge in [0, 0.05) is 30.9 Å². The summed E-state index contributed by atoms with van der Waals surface area (Å²) in [4.78, 5) is 37.4. The minimum atomic E-state index is -0.849. The van der Waals surface area contributed by atoms with E-state index >= 15 is 0 Å². The zero-order chi connectivity index (χ0) is 19.2. The van der Waals surface area contributed by atoms with Crippen LogP contribution in [0.15, 0.2) is 47.1 Å². The molecule has 0 bridgehead atoms. The molecule has 3 amide bonds.